The molecule has 40 valence electrons. The first kappa shape index (κ1) is 5.06. The molecule has 0 aromatic rings. The summed E-state index contributed by atoms with van der Waals surface area (Å²) >= 11 is 0. The highest BCUT2D eigenvalue weighted by atomic mass is 19.1. The summed E-state index contributed by atoms with van der Waals surface area (Å²) < 4.78 is 23.6. The van der Waals surface area contributed by atoms with Gasteiger partial charge in [-0.2, -0.15) is 4.39 Å². The quantitative estimate of drug-likeness (QED) is 0.334. The van der Waals surface area contributed by atoms with Gasteiger partial charge in [0.2, 0.25) is 0 Å². The Labute approximate surface area is 45.0 Å². The van der Waals surface area contributed by atoms with Crippen LogP contribution in [0.2, 0.25) is 0 Å². The van der Waals surface area contributed by atoms with Gasteiger partial charge in [0.05, 0.1) is 0 Å². The van der Waals surface area contributed by atoms with Crippen LogP contribution < -0.4 is 0 Å². The number of hydrogen-bond donors (Lipinski definition) is 0. The van der Waals surface area contributed by atoms with Gasteiger partial charge in [0.15, 0.2) is 12.2 Å². The summed E-state index contributed by atoms with van der Waals surface area (Å²) in [6, 6.07) is 0. The summed E-state index contributed by atoms with van der Waals surface area (Å²) in [4.78, 5) is 2.78. The molecule has 0 fully saturated rings. The number of hydrogen-bond acceptors (Lipinski definition) is 1. The maximum atomic E-state index is 11.8. The summed E-state index contributed by atoms with van der Waals surface area (Å²) in [7, 11) is 0. The van der Waals surface area contributed by atoms with Gasteiger partial charge in [-0.3, -0.25) is 0 Å². The highest BCUT2D eigenvalue weighted by molar-refractivity contribution is 5.88. The molecule has 8 heavy (non-hydrogen) atoms. The summed E-state index contributed by atoms with van der Waals surface area (Å²) in [6.45, 7) is 0. The molecule has 1 heterocycles. The Morgan fingerprint density at radius 2 is 2.25 bits per heavy atom. The summed E-state index contributed by atoms with van der Waals surface area (Å²) in [5.74, 6) is -1.73. The van der Waals surface area contributed by atoms with E-state index in [9.17, 15) is 8.78 Å². The molecule has 1 aliphatic rings. The predicted molar refractivity (Wildman–Crippen MR) is 25.5 cm³/mol. The van der Waals surface area contributed by atoms with Crippen LogP contribution in [0.1, 0.15) is 0 Å². The van der Waals surface area contributed by atoms with E-state index in [1.54, 1.807) is 0 Å². The molecule has 0 saturated heterocycles. The fraction of sp³-hybridized carbons (Fsp3) is 0. The molecule has 0 spiro atoms. The molecule has 1 aliphatic heterocycles. The molecule has 3 heteroatoms. The van der Waals surface area contributed by atoms with Gasteiger partial charge >= 0.3 is 11.9 Å². The fourth-order valence-electron chi connectivity index (χ4n) is 0.343. The third kappa shape index (κ3) is 0.950. The smallest absolute Gasteiger partial charge is 0.159 e. The van der Waals surface area contributed by atoms with E-state index < -0.39 is 11.9 Å². The van der Waals surface area contributed by atoms with Crippen LogP contribution in [0.25, 0.3) is 0 Å². The number of halogens is 2. The van der Waals surface area contributed by atoms with Crippen molar-refractivity contribution in [3.63, 3.8) is 0 Å². The topological polar surface area (TPSA) is 12.4 Å². The van der Waals surface area contributed by atoms with E-state index in [1.807, 2.05) is 0 Å². The van der Waals surface area contributed by atoms with Gasteiger partial charge in [-0.05, 0) is 0 Å². The average molecular weight is 114 g/mol. The lowest BCUT2D eigenvalue weighted by molar-refractivity contribution is 0.615. The highest BCUT2D eigenvalue weighted by Crippen LogP contribution is 2.04. The van der Waals surface area contributed by atoms with Gasteiger partial charge in [-0.1, -0.05) is 0 Å². The van der Waals surface area contributed by atoms with Gasteiger partial charge in [-0.15, -0.1) is 9.38 Å². The summed E-state index contributed by atoms with van der Waals surface area (Å²) in [5.41, 5.74) is 0. The van der Waals surface area contributed by atoms with Crippen LogP contribution in [0.4, 0.5) is 8.78 Å². The van der Waals surface area contributed by atoms with E-state index in [0.717, 1.165) is 12.2 Å². The lowest BCUT2D eigenvalue weighted by Gasteiger charge is -1.78. The second kappa shape index (κ2) is 1.80. The molecular formula is C5H2F2N+. The monoisotopic (exact) mass is 114 g/mol. The van der Waals surface area contributed by atoms with Crippen molar-refractivity contribution in [3.8, 4) is 0 Å². The highest BCUT2D eigenvalue weighted by Gasteiger charge is 2.07. The van der Waals surface area contributed by atoms with Crippen molar-refractivity contribution in [3.05, 3.63) is 24.2 Å². The molecule has 1 nitrogen and oxygen atoms in total. The van der Waals surface area contributed by atoms with Crippen molar-refractivity contribution < 1.29 is 8.78 Å². The van der Waals surface area contributed by atoms with Gasteiger partial charge in [0.25, 0.3) is 0 Å². The molecule has 0 atom stereocenters. The molecule has 0 unspecified atom stereocenters. The maximum Gasteiger partial charge on any atom is 0.364 e. The zero-order valence-electron chi connectivity index (χ0n) is 3.86. The second-order valence-corrected chi connectivity index (χ2v) is 1.20. The van der Waals surface area contributed by atoms with Gasteiger partial charge in [0.1, 0.15) is 6.08 Å². The van der Waals surface area contributed by atoms with Gasteiger partial charge in [-0.25, -0.2) is 0 Å². The predicted octanol–water partition coefficient (Wildman–Crippen LogP) is 1.54. The van der Waals surface area contributed by atoms with Crippen LogP contribution >= 0.6 is 0 Å². The fourth-order valence-corrected chi connectivity index (χ4v) is 0.343. The van der Waals surface area contributed by atoms with E-state index in [-0.39, 0.29) is 0 Å². The molecule has 0 aliphatic carbocycles. The Bertz CT molecular complexity index is 176. The Morgan fingerprint density at radius 3 is 2.62 bits per heavy atom. The number of rotatable bonds is 0. The minimum absolute atomic E-state index is 0.818. The van der Waals surface area contributed by atoms with Crippen LogP contribution in [0.5, 0.6) is 0 Å². The first-order valence-electron chi connectivity index (χ1n) is 1.99. The minimum Gasteiger partial charge on any atom is -0.159 e. The summed E-state index contributed by atoms with van der Waals surface area (Å²) in [5, 5.41) is 0. The second-order valence-electron chi connectivity index (χ2n) is 1.20. The van der Waals surface area contributed by atoms with E-state index in [2.05, 4.69) is 11.1 Å². The standard InChI is InChI=1S/C5H2F2N/c6-4-2-1-3-5(7)8-4/h1-2H/q+1. The van der Waals surface area contributed by atoms with Crippen LogP contribution in [0.15, 0.2) is 23.1 Å². The maximum absolute atomic E-state index is 11.8. The normalized spacial score (nSPS) is 16.8. The zero-order valence-corrected chi connectivity index (χ0v) is 3.86. The first-order chi connectivity index (χ1) is 3.79. The van der Waals surface area contributed by atoms with Gasteiger partial charge in [0, 0.05) is 0 Å². The average Bonchev–Trinajstić information content (AvgIpc) is 1.64. The molecule has 0 aromatic heterocycles. The van der Waals surface area contributed by atoms with Crippen molar-refractivity contribution in [2.24, 2.45) is 4.99 Å². The third-order valence-corrected chi connectivity index (χ3v) is 0.628. The van der Waals surface area contributed by atoms with E-state index in [1.165, 1.54) is 0 Å². The Morgan fingerprint density at radius 1 is 1.50 bits per heavy atom. The minimum atomic E-state index is -0.912. The van der Waals surface area contributed by atoms with Crippen LogP contribution in [0.3, 0.4) is 0 Å². The first-order valence-corrected chi connectivity index (χ1v) is 1.99. The van der Waals surface area contributed by atoms with Crippen molar-refractivity contribution in [2.75, 3.05) is 0 Å². The molecule has 0 aromatic carbocycles. The van der Waals surface area contributed by atoms with Crippen LogP contribution in [-0.2, 0) is 0 Å². The molecule has 0 radical (unpaired) electrons. The van der Waals surface area contributed by atoms with Gasteiger partial charge < -0.3 is 0 Å². The number of allylic oxidation sites excluding steroid dienone is 3. The van der Waals surface area contributed by atoms with Crippen molar-refractivity contribution >= 4 is 5.97 Å². The van der Waals surface area contributed by atoms with Crippen molar-refractivity contribution in [1.29, 1.82) is 0 Å². The lowest BCUT2D eigenvalue weighted by atomic mass is 10.4. The van der Waals surface area contributed by atoms with Crippen LogP contribution in [0, 0.1) is 6.08 Å². The SMILES string of the molecule is FC1=[C+]C=CC(F)=N1. The van der Waals surface area contributed by atoms with Crippen molar-refractivity contribution in [2.45, 2.75) is 0 Å². The molecule has 0 N–H and O–H groups in total. The van der Waals surface area contributed by atoms with Crippen molar-refractivity contribution in [1.82, 2.24) is 0 Å². The largest absolute Gasteiger partial charge is 0.364 e. The lowest BCUT2D eigenvalue weighted by Crippen LogP contribution is -1.85. The summed E-state index contributed by atoms with van der Waals surface area (Å²) in [6.07, 6.45) is 4.22. The zero-order chi connectivity index (χ0) is 5.98. The Kier molecular flexibility index (Phi) is 1.14. The molecular weight excluding hydrogens is 112 g/mol. The number of aliphatic imine (C=N–C) groups is 1. The van der Waals surface area contributed by atoms with E-state index >= 15 is 0 Å². The Hall–Kier alpha value is -1.08. The Balaban J connectivity index is 2.89. The van der Waals surface area contributed by atoms with Crippen LogP contribution in [-0.4, -0.2) is 5.97 Å². The third-order valence-electron chi connectivity index (χ3n) is 0.628. The number of nitrogens with zero attached hydrogens (tertiary/aromatic N) is 1. The molecule has 0 amide bonds. The van der Waals surface area contributed by atoms with E-state index in [4.69, 9.17) is 0 Å². The molecule has 0 bridgehead atoms. The van der Waals surface area contributed by atoms with E-state index in [0.29, 0.717) is 0 Å². The molecule has 1 rings (SSSR count). The molecule has 0 saturated carbocycles.